The number of amides is 2. The Labute approximate surface area is 245 Å². The molecule has 4 rings (SSSR count). The predicted octanol–water partition coefficient (Wildman–Crippen LogP) is 5.22. The van der Waals surface area contributed by atoms with E-state index in [4.69, 9.17) is 0 Å². The number of carbonyl (C=O) groups excluding carboxylic acids is 2. The fourth-order valence-electron chi connectivity index (χ4n) is 5.15. The van der Waals surface area contributed by atoms with Gasteiger partial charge in [-0.2, -0.15) is 0 Å². The molecule has 7 nitrogen and oxygen atoms in total. The first kappa shape index (κ1) is 29.8. The Bertz CT molecular complexity index is 1410. The van der Waals surface area contributed by atoms with Gasteiger partial charge in [-0.3, -0.25) is 13.9 Å². The van der Waals surface area contributed by atoms with Crippen molar-refractivity contribution in [2.24, 2.45) is 0 Å². The van der Waals surface area contributed by atoms with E-state index in [9.17, 15) is 18.0 Å². The minimum atomic E-state index is -3.79. The van der Waals surface area contributed by atoms with Crippen LogP contribution in [0.1, 0.15) is 42.4 Å². The maximum atomic E-state index is 14.2. The summed E-state index contributed by atoms with van der Waals surface area (Å²) in [5.41, 5.74) is 2.93. The quantitative estimate of drug-likeness (QED) is 0.316. The number of nitrogens with one attached hydrogen (secondary N) is 1. The second-order valence-electron chi connectivity index (χ2n) is 10.4. The zero-order chi connectivity index (χ0) is 28.7. The van der Waals surface area contributed by atoms with Gasteiger partial charge in [0.25, 0.3) is 0 Å². The second-order valence-corrected chi connectivity index (χ2v) is 13.2. The van der Waals surface area contributed by atoms with Crippen molar-refractivity contribution >= 4 is 43.5 Å². The number of hydrogen-bond acceptors (Lipinski definition) is 4. The molecule has 3 aromatic carbocycles. The van der Waals surface area contributed by atoms with Gasteiger partial charge < -0.3 is 10.2 Å². The number of aryl methyl sites for hydroxylation is 1. The molecular formula is C31H36BrN3O4S. The highest BCUT2D eigenvalue weighted by Crippen LogP contribution is 2.24. The molecule has 0 radical (unpaired) electrons. The van der Waals surface area contributed by atoms with Gasteiger partial charge in [0.15, 0.2) is 0 Å². The first-order chi connectivity index (χ1) is 19.1. The Balaban J connectivity index is 1.72. The first-order valence-electron chi connectivity index (χ1n) is 13.5. The molecule has 1 saturated carbocycles. The normalized spacial score (nSPS) is 14.5. The van der Waals surface area contributed by atoms with Gasteiger partial charge in [-0.15, -0.1) is 0 Å². The Kier molecular flexibility index (Phi) is 10.0. The van der Waals surface area contributed by atoms with Gasteiger partial charge in [-0.25, -0.2) is 8.42 Å². The zero-order valence-electron chi connectivity index (χ0n) is 22.9. The van der Waals surface area contributed by atoms with Crippen LogP contribution in [0.15, 0.2) is 83.3 Å². The summed E-state index contributed by atoms with van der Waals surface area (Å²) in [7, 11) is -3.79. The maximum Gasteiger partial charge on any atom is 0.244 e. The molecule has 9 heteroatoms. The van der Waals surface area contributed by atoms with Crippen molar-refractivity contribution in [3.63, 3.8) is 0 Å². The molecule has 0 aliphatic heterocycles. The number of carbonyl (C=O) groups is 2. The lowest BCUT2D eigenvalue weighted by Gasteiger charge is -2.34. The summed E-state index contributed by atoms with van der Waals surface area (Å²) in [5.74, 6) is -0.665. The van der Waals surface area contributed by atoms with Crippen molar-refractivity contribution in [3.8, 4) is 0 Å². The lowest BCUT2D eigenvalue weighted by Crippen LogP contribution is -2.54. The fraction of sp³-hybridized carbons (Fsp3) is 0.355. The largest absolute Gasteiger partial charge is 0.352 e. The number of para-hydroxylation sites is 1. The highest BCUT2D eigenvalue weighted by Gasteiger charge is 2.34. The van der Waals surface area contributed by atoms with Crippen LogP contribution in [-0.2, 0) is 32.6 Å². The van der Waals surface area contributed by atoms with Crippen molar-refractivity contribution < 1.29 is 18.0 Å². The third kappa shape index (κ3) is 7.95. The van der Waals surface area contributed by atoms with Crippen LogP contribution >= 0.6 is 15.9 Å². The highest BCUT2D eigenvalue weighted by molar-refractivity contribution is 9.10. The van der Waals surface area contributed by atoms with E-state index < -0.39 is 28.5 Å². The summed E-state index contributed by atoms with van der Waals surface area (Å²) in [6, 6.07) is 23.5. The molecule has 0 saturated heterocycles. The molecular weight excluding hydrogens is 590 g/mol. The second kappa shape index (κ2) is 13.5. The molecule has 3 aromatic rings. The van der Waals surface area contributed by atoms with Crippen molar-refractivity contribution in [1.29, 1.82) is 0 Å². The molecule has 1 atom stereocenters. The molecule has 0 aromatic heterocycles. The Morgan fingerprint density at radius 2 is 1.55 bits per heavy atom. The van der Waals surface area contributed by atoms with Gasteiger partial charge in [0, 0.05) is 23.5 Å². The number of halogens is 1. The third-order valence-corrected chi connectivity index (χ3v) is 8.96. The van der Waals surface area contributed by atoms with Crippen molar-refractivity contribution in [1.82, 2.24) is 10.2 Å². The number of benzene rings is 3. The SMILES string of the molecule is Cc1ccccc1N(CC(=O)N(Cc1ccc(Br)cc1)[C@@H](Cc1ccccc1)C(=O)NC1CCCC1)S(C)(=O)=O. The molecule has 0 unspecified atom stereocenters. The van der Waals surface area contributed by atoms with E-state index in [1.807, 2.05) is 73.7 Å². The molecule has 1 fully saturated rings. The van der Waals surface area contributed by atoms with Gasteiger partial charge in [0.05, 0.1) is 11.9 Å². The van der Waals surface area contributed by atoms with Gasteiger partial charge in [0.1, 0.15) is 12.6 Å². The summed E-state index contributed by atoms with van der Waals surface area (Å²) < 4.78 is 27.9. The van der Waals surface area contributed by atoms with E-state index in [0.717, 1.165) is 57.4 Å². The molecule has 0 bridgehead atoms. The maximum absolute atomic E-state index is 14.2. The van der Waals surface area contributed by atoms with E-state index in [1.165, 1.54) is 4.90 Å². The van der Waals surface area contributed by atoms with Crippen molar-refractivity contribution in [2.75, 3.05) is 17.1 Å². The van der Waals surface area contributed by atoms with Gasteiger partial charge in [0.2, 0.25) is 21.8 Å². The lowest BCUT2D eigenvalue weighted by atomic mass is 10.0. The van der Waals surface area contributed by atoms with Gasteiger partial charge in [-0.1, -0.05) is 89.4 Å². The monoisotopic (exact) mass is 625 g/mol. The molecule has 0 heterocycles. The summed E-state index contributed by atoms with van der Waals surface area (Å²) in [5, 5.41) is 3.18. The first-order valence-corrected chi connectivity index (χ1v) is 16.2. The van der Waals surface area contributed by atoms with E-state index in [0.29, 0.717) is 12.1 Å². The molecule has 40 heavy (non-hydrogen) atoms. The van der Waals surface area contributed by atoms with E-state index in [1.54, 1.807) is 12.1 Å². The number of sulfonamides is 1. The number of rotatable bonds is 11. The predicted molar refractivity (Wildman–Crippen MR) is 162 cm³/mol. The van der Waals surface area contributed by atoms with Crippen LogP contribution in [0.25, 0.3) is 0 Å². The Morgan fingerprint density at radius 1 is 0.925 bits per heavy atom. The molecule has 212 valence electrons. The van der Waals surface area contributed by atoms with E-state index in [-0.39, 0.29) is 18.5 Å². The van der Waals surface area contributed by atoms with E-state index >= 15 is 0 Å². The fourth-order valence-corrected chi connectivity index (χ4v) is 6.32. The van der Waals surface area contributed by atoms with Crippen LogP contribution < -0.4 is 9.62 Å². The average Bonchev–Trinajstić information content (AvgIpc) is 3.43. The Hall–Kier alpha value is -3.17. The lowest BCUT2D eigenvalue weighted by molar-refractivity contribution is -0.140. The Morgan fingerprint density at radius 3 is 2.17 bits per heavy atom. The van der Waals surface area contributed by atoms with Gasteiger partial charge >= 0.3 is 0 Å². The van der Waals surface area contributed by atoms with Gasteiger partial charge in [-0.05, 0) is 54.7 Å². The molecule has 1 N–H and O–H groups in total. The average molecular weight is 627 g/mol. The molecule has 1 aliphatic rings. The van der Waals surface area contributed by atoms with Crippen molar-refractivity contribution in [2.45, 2.75) is 57.7 Å². The molecule has 2 amide bonds. The van der Waals surface area contributed by atoms with Crippen LogP contribution in [-0.4, -0.2) is 50.0 Å². The van der Waals surface area contributed by atoms with Crippen molar-refractivity contribution in [3.05, 3.63) is 100 Å². The minimum absolute atomic E-state index is 0.0786. The summed E-state index contributed by atoms with van der Waals surface area (Å²) in [6.45, 7) is 1.56. The topological polar surface area (TPSA) is 86.8 Å². The van der Waals surface area contributed by atoms with Crippen LogP contribution in [0.5, 0.6) is 0 Å². The van der Waals surface area contributed by atoms with Crippen LogP contribution in [0.4, 0.5) is 5.69 Å². The van der Waals surface area contributed by atoms with Crippen LogP contribution in [0.3, 0.4) is 0 Å². The van der Waals surface area contributed by atoms with Crippen LogP contribution in [0, 0.1) is 6.92 Å². The third-order valence-electron chi connectivity index (χ3n) is 7.30. The summed E-state index contributed by atoms with van der Waals surface area (Å²) >= 11 is 3.46. The summed E-state index contributed by atoms with van der Waals surface area (Å²) in [4.78, 5) is 29.6. The number of hydrogen-bond donors (Lipinski definition) is 1. The smallest absolute Gasteiger partial charge is 0.244 e. The number of anilines is 1. The minimum Gasteiger partial charge on any atom is -0.352 e. The highest BCUT2D eigenvalue weighted by atomic mass is 79.9. The van der Waals surface area contributed by atoms with Crippen LogP contribution in [0.2, 0.25) is 0 Å². The summed E-state index contributed by atoms with van der Waals surface area (Å²) in [6.07, 6.45) is 5.37. The molecule has 0 spiro atoms. The number of nitrogens with zero attached hydrogens (tertiary/aromatic N) is 2. The van der Waals surface area contributed by atoms with E-state index in [2.05, 4.69) is 21.2 Å². The molecule has 1 aliphatic carbocycles. The zero-order valence-corrected chi connectivity index (χ0v) is 25.3. The standard InChI is InChI=1S/C31H36BrN3O4S/c1-23-10-6-9-15-28(23)35(40(2,38)39)22-30(36)34(21-25-16-18-26(32)19-17-25)29(20-24-11-4-3-5-12-24)31(37)33-27-13-7-8-14-27/h3-6,9-12,15-19,27,29H,7-8,13-14,20-22H2,1-2H3,(H,33,37)/t29-/m0/s1.